The molecule has 0 aliphatic carbocycles. The van der Waals surface area contributed by atoms with Crippen LogP contribution in [-0.2, 0) is 20.7 Å². The summed E-state index contributed by atoms with van der Waals surface area (Å²) in [6, 6.07) is 3.99. The second-order valence-corrected chi connectivity index (χ2v) is 7.25. The standard InChI is InChI=1S/C20H33N5O4.HI/c1-24(2)19(27)15-22-20(21-10-6-17-5-4-13-29-17)23-16-7-11-25(12-8-16)18(26)9-14-28-3;/h4-5,13,16H,6-12,14-15H2,1-3H3,(H2,21,22,23);1H. The summed E-state index contributed by atoms with van der Waals surface area (Å²) < 4.78 is 10.3. The number of guanidine groups is 1. The van der Waals surface area contributed by atoms with E-state index in [1.54, 1.807) is 27.5 Å². The number of halogens is 1. The number of hydrogen-bond donors (Lipinski definition) is 2. The van der Waals surface area contributed by atoms with Crippen LogP contribution in [0.15, 0.2) is 27.8 Å². The first-order chi connectivity index (χ1) is 14.0. The zero-order valence-corrected chi connectivity index (χ0v) is 20.4. The molecule has 0 radical (unpaired) electrons. The maximum Gasteiger partial charge on any atom is 0.243 e. The van der Waals surface area contributed by atoms with Gasteiger partial charge in [-0.3, -0.25) is 9.59 Å². The third-order valence-electron chi connectivity index (χ3n) is 4.82. The van der Waals surface area contributed by atoms with Gasteiger partial charge in [0.2, 0.25) is 11.8 Å². The van der Waals surface area contributed by atoms with Crippen molar-refractivity contribution in [3.8, 4) is 0 Å². The van der Waals surface area contributed by atoms with Crippen LogP contribution < -0.4 is 10.6 Å². The van der Waals surface area contributed by atoms with Gasteiger partial charge in [-0.25, -0.2) is 4.99 Å². The van der Waals surface area contributed by atoms with Gasteiger partial charge in [0, 0.05) is 53.3 Å². The Hall–Kier alpha value is -1.82. The van der Waals surface area contributed by atoms with Crippen molar-refractivity contribution in [1.29, 1.82) is 0 Å². The van der Waals surface area contributed by atoms with Crippen molar-refractivity contribution in [2.75, 3.05) is 54.0 Å². The zero-order valence-electron chi connectivity index (χ0n) is 18.1. The van der Waals surface area contributed by atoms with Crippen LogP contribution in [0, 0.1) is 0 Å². The Morgan fingerprint density at radius 3 is 2.67 bits per heavy atom. The van der Waals surface area contributed by atoms with Crippen molar-refractivity contribution in [3.05, 3.63) is 24.2 Å². The molecule has 0 aromatic carbocycles. The van der Waals surface area contributed by atoms with Gasteiger partial charge in [-0.15, -0.1) is 24.0 Å². The normalized spacial score (nSPS) is 14.8. The number of carbonyl (C=O) groups is 2. The number of likely N-dealkylation sites (tertiary alicyclic amines) is 1. The van der Waals surface area contributed by atoms with Crippen LogP contribution in [0.4, 0.5) is 0 Å². The number of likely N-dealkylation sites (N-methyl/N-ethyl adjacent to an activating group) is 1. The topological polar surface area (TPSA) is 99.4 Å². The lowest BCUT2D eigenvalue weighted by Crippen LogP contribution is -2.50. The lowest BCUT2D eigenvalue weighted by atomic mass is 10.0. The molecular weight excluding hydrogens is 501 g/mol. The Balaban J connectivity index is 0.00000450. The highest BCUT2D eigenvalue weighted by molar-refractivity contribution is 14.0. The van der Waals surface area contributed by atoms with Gasteiger partial charge in [-0.05, 0) is 25.0 Å². The van der Waals surface area contributed by atoms with E-state index in [9.17, 15) is 9.59 Å². The number of amides is 2. The van der Waals surface area contributed by atoms with Crippen molar-refractivity contribution in [3.63, 3.8) is 0 Å². The van der Waals surface area contributed by atoms with E-state index < -0.39 is 0 Å². The van der Waals surface area contributed by atoms with Crippen molar-refractivity contribution >= 4 is 41.8 Å². The van der Waals surface area contributed by atoms with Gasteiger partial charge >= 0.3 is 0 Å². The van der Waals surface area contributed by atoms with Crippen molar-refractivity contribution in [2.24, 2.45) is 4.99 Å². The molecule has 30 heavy (non-hydrogen) atoms. The number of ether oxygens (including phenoxy) is 1. The van der Waals surface area contributed by atoms with Crippen LogP contribution in [0.1, 0.15) is 25.0 Å². The second-order valence-electron chi connectivity index (χ2n) is 7.25. The molecule has 1 fully saturated rings. The summed E-state index contributed by atoms with van der Waals surface area (Å²) >= 11 is 0. The van der Waals surface area contributed by atoms with E-state index in [1.165, 1.54) is 4.90 Å². The summed E-state index contributed by atoms with van der Waals surface area (Å²) in [4.78, 5) is 31.9. The number of aliphatic imine (C=N–C) groups is 1. The lowest BCUT2D eigenvalue weighted by molar-refractivity contribution is -0.133. The van der Waals surface area contributed by atoms with Crippen molar-refractivity contribution in [1.82, 2.24) is 20.4 Å². The van der Waals surface area contributed by atoms with Gasteiger partial charge < -0.3 is 29.6 Å². The second kappa shape index (κ2) is 14.2. The van der Waals surface area contributed by atoms with Crippen LogP contribution in [0.2, 0.25) is 0 Å². The minimum atomic E-state index is -0.0595. The highest BCUT2D eigenvalue weighted by atomic mass is 127. The Morgan fingerprint density at radius 1 is 1.33 bits per heavy atom. The molecule has 1 aliphatic rings. The molecule has 1 aromatic heterocycles. The molecule has 0 bridgehead atoms. The molecule has 0 spiro atoms. The number of carbonyl (C=O) groups excluding carboxylic acids is 2. The Bertz CT molecular complexity index is 658. The number of methoxy groups -OCH3 is 1. The highest BCUT2D eigenvalue weighted by Gasteiger charge is 2.23. The summed E-state index contributed by atoms with van der Waals surface area (Å²) in [6.45, 7) is 2.58. The molecule has 170 valence electrons. The Kier molecular flexibility index (Phi) is 12.4. The van der Waals surface area contributed by atoms with E-state index in [-0.39, 0.29) is 48.4 Å². The maximum atomic E-state index is 12.1. The van der Waals surface area contributed by atoms with E-state index in [4.69, 9.17) is 9.15 Å². The first kappa shape index (κ1) is 26.2. The first-order valence-corrected chi connectivity index (χ1v) is 10.0. The molecule has 2 rings (SSSR count). The number of nitrogens with one attached hydrogen (secondary N) is 2. The van der Waals surface area contributed by atoms with E-state index >= 15 is 0 Å². The molecule has 2 heterocycles. The third kappa shape index (κ3) is 9.33. The molecule has 1 aliphatic heterocycles. The van der Waals surface area contributed by atoms with Gasteiger partial charge in [-0.2, -0.15) is 0 Å². The van der Waals surface area contributed by atoms with Crippen LogP contribution in [0.3, 0.4) is 0 Å². The minimum Gasteiger partial charge on any atom is -0.469 e. The summed E-state index contributed by atoms with van der Waals surface area (Å²) in [6.07, 6.45) is 4.46. The van der Waals surface area contributed by atoms with Gasteiger partial charge in [0.1, 0.15) is 12.3 Å². The lowest BCUT2D eigenvalue weighted by Gasteiger charge is -2.33. The maximum absolute atomic E-state index is 12.1. The van der Waals surface area contributed by atoms with Crippen LogP contribution in [0.5, 0.6) is 0 Å². The van der Waals surface area contributed by atoms with Crippen molar-refractivity contribution in [2.45, 2.75) is 31.7 Å². The van der Waals surface area contributed by atoms with Gasteiger partial charge in [0.25, 0.3) is 0 Å². The SMILES string of the molecule is COCCC(=O)N1CCC(NC(=NCC(=O)N(C)C)NCCc2ccco2)CC1.I. The van der Waals surface area contributed by atoms with E-state index in [2.05, 4.69) is 15.6 Å². The van der Waals surface area contributed by atoms with E-state index in [0.29, 0.717) is 38.6 Å². The molecule has 0 unspecified atom stereocenters. The van der Waals surface area contributed by atoms with Crippen molar-refractivity contribution < 1.29 is 18.7 Å². The summed E-state index contributed by atoms with van der Waals surface area (Å²) in [5.41, 5.74) is 0. The molecule has 2 amide bonds. The molecule has 0 saturated carbocycles. The summed E-state index contributed by atoms with van der Waals surface area (Å²) in [5.74, 6) is 1.57. The number of rotatable bonds is 9. The Morgan fingerprint density at radius 2 is 2.07 bits per heavy atom. The molecule has 1 aromatic rings. The fourth-order valence-electron chi connectivity index (χ4n) is 3.01. The monoisotopic (exact) mass is 535 g/mol. The molecule has 9 nitrogen and oxygen atoms in total. The van der Waals surface area contributed by atoms with Gasteiger partial charge in [0.15, 0.2) is 5.96 Å². The number of hydrogen-bond acceptors (Lipinski definition) is 5. The van der Waals surface area contributed by atoms with E-state index in [1.807, 2.05) is 17.0 Å². The number of nitrogens with zero attached hydrogens (tertiary/aromatic N) is 3. The first-order valence-electron chi connectivity index (χ1n) is 10.0. The predicted molar refractivity (Wildman–Crippen MR) is 126 cm³/mol. The molecule has 0 atom stereocenters. The van der Waals surface area contributed by atoms with Crippen LogP contribution in [0.25, 0.3) is 0 Å². The molecule has 2 N–H and O–H groups in total. The zero-order chi connectivity index (χ0) is 21.1. The molecule has 1 saturated heterocycles. The fraction of sp³-hybridized carbons (Fsp3) is 0.650. The quantitative estimate of drug-likeness (QED) is 0.279. The molecule has 10 heteroatoms. The van der Waals surface area contributed by atoms with Crippen LogP contribution >= 0.6 is 24.0 Å². The Labute approximate surface area is 195 Å². The summed E-state index contributed by atoms with van der Waals surface area (Å²) in [7, 11) is 5.03. The van der Waals surface area contributed by atoms with E-state index in [0.717, 1.165) is 25.0 Å². The average Bonchev–Trinajstić information content (AvgIpc) is 3.23. The molecular formula is C20H34IN5O4. The fourth-order valence-corrected chi connectivity index (χ4v) is 3.01. The number of piperidine rings is 1. The highest BCUT2D eigenvalue weighted by Crippen LogP contribution is 2.11. The predicted octanol–water partition coefficient (Wildman–Crippen LogP) is 1.09. The van der Waals surface area contributed by atoms with Gasteiger partial charge in [-0.1, -0.05) is 0 Å². The summed E-state index contributed by atoms with van der Waals surface area (Å²) in [5, 5.41) is 6.68. The van der Waals surface area contributed by atoms with Gasteiger partial charge in [0.05, 0.1) is 19.3 Å². The minimum absolute atomic E-state index is 0. The smallest absolute Gasteiger partial charge is 0.243 e. The van der Waals surface area contributed by atoms with Crippen LogP contribution in [-0.4, -0.2) is 87.6 Å². The average molecular weight is 535 g/mol. The third-order valence-corrected chi connectivity index (χ3v) is 4.82. The number of furan rings is 1. The largest absolute Gasteiger partial charge is 0.469 e.